The van der Waals surface area contributed by atoms with Gasteiger partial charge in [0.15, 0.2) is 0 Å². The summed E-state index contributed by atoms with van der Waals surface area (Å²) in [6.45, 7) is 5.33. The van der Waals surface area contributed by atoms with Gasteiger partial charge >= 0.3 is 6.03 Å². The molecule has 0 radical (unpaired) electrons. The second-order valence-electron chi connectivity index (χ2n) is 8.25. The molecule has 8 heteroatoms. The summed E-state index contributed by atoms with van der Waals surface area (Å²) in [5.41, 5.74) is 2.38. The summed E-state index contributed by atoms with van der Waals surface area (Å²) in [4.78, 5) is 35.5. The summed E-state index contributed by atoms with van der Waals surface area (Å²) >= 11 is 3.26. The zero-order valence-electron chi connectivity index (χ0n) is 17.8. The number of hydrogen-bond acceptors (Lipinski definition) is 6. The van der Waals surface area contributed by atoms with Gasteiger partial charge in [0.05, 0.1) is 6.67 Å². The van der Waals surface area contributed by atoms with Crippen molar-refractivity contribution in [2.75, 3.05) is 32.8 Å². The summed E-state index contributed by atoms with van der Waals surface area (Å²) < 4.78 is 0. The SMILES string of the molecule is O=C1C(c2cccs2)N(Cc2ccccc2)C(=O)N1CN1CCN(Cc2ccsc2)CC1. The van der Waals surface area contributed by atoms with Gasteiger partial charge in [0.2, 0.25) is 0 Å². The van der Waals surface area contributed by atoms with E-state index in [0.29, 0.717) is 13.2 Å². The van der Waals surface area contributed by atoms with Crippen molar-refractivity contribution in [3.63, 3.8) is 0 Å². The predicted molar refractivity (Wildman–Crippen MR) is 127 cm³/mol. The lowest BCUT2D eigenvalue weighted by atomic mass is 10.1. The molecule has 2 aromatic heterocycles. The lowest BCUT2D eigenvalue weighted by Crippen LogP contribution is -2.51. The number of nitrogens with zero attached hydrogens (tertiary/aromatic N) is 4. The Morgan fingerprint density at radius 1 is 0.812 bits per heavy atom. The van der Waals surface area contributed by atoms with E-state index in [1.807, 2.05) is 47.8 Å². The van der Waals surface area contributed by atoms with Gasteiger partial charge in [-0.1, -0.05) is 36.4 Å². The molecular weight excluding hydrogens is 440 g/mol. The summed E-state index contributed by atoms with van der Waals surface area (Å²) in [6.07, 6.45) is 0. The van der Waals surface area contributed by atoms with Crippen LogP contribution in [0.1, 0.15) is 22.0 Å². The number of carbonyl (C=O) groups is 2. The van der Waals surface area contributed by atoms with E-state index in [4.69, 9.17) is 0 Å². The second-order valence-corrected chi connectivity index (χ2v) is 10.0. The van der Waals surface area contributed by atoms with E-state index in [0.717, 1.165) is 43.2 Å². The number of rotatable bonds is 7. The highest BCUT2D eigenvalue weighted by Crippen LogP contribution is 2.35. The second kappa shape index (κ2) is 9.54. The number of thiophene rings is 2. The Bertz CT molecular complexity index is 1030. The third-order valence-electron chi connectivity index (χ3n) is 6.09. The molecule has 1 unspecified atom stereocenters. The summed E-state index contributed by atoms with van der Waals surface area (Å²) in [5, 5.41) is 6.27. The van der Waals surface area contributed by atoms with Crippen molar-refractivity contribution >= 4 is 34.6 Å². The Morgan fingerprint density at radius 2 is 1.59 bits per heavy atom. The molecule has 1 atom stereocenters. The zero-order valence-corrected chi connectivity index (χ0v) is 19.4. The van der Waals surface area contributed by atoms with Gasteiger partial charge < -0.3 is 4.90 Å². The lowest BCUT2D eigenvalue weighted by Gasteiger charge is -2.35. The molecule has 32 heavy (non-hydrogen) atoms. The molecule has 6 nitrogen and oxygen atoms in total. The first-order valence-electron chi connectivity index (χ1n) is 10.8. The fraction of sp³-hybridized carbons (Fsp3) is 0.333. The van der Waals surface area contributed by atoms with Crippen molar-refractivity contribution in [2.24, 2.45) is 0 Å². The Hall–Kier alpha value is -2.52. The number of urea groups is 1. The third-order valence-corrected chi connectivity index (χ3v) is 7.75. The quantitative estimate of drug-likeness (QED) is 0.492. The summed E-state index contributed by atoms with van der Waals surface area (Å²) in [6, 6.07) is 15.2. The average Bonchev–Trinajstić information content (AvgIpc) is 3.56. The molecule has 2 saturated heterocycles. The fourth-order valence-corrected chi connectivity index (χ4v) is 5.85. The van der Waals surface area contributed by atoms with Gasteiger partial charge in [0.1, 0.15) is 6.04 Å². The summed E-state index contributed by atoms with van der Waals surface area (Å²) in [5.74, 6) is -0.117. The number of piperazine rings is 1. The monoisotopic (exact) mass is 466 g/mol. The Kier molecular flexibility index (Phi) is 6.36. The van der Waals surface area contributed by atoms with Gasteiger partial charge in [0.25, 0.3) is 5.91 Å². The maximum Gasteiger partial charge on any atom is 0.329 e. The molecule has 0 N–H and O–H groups in total. The van der Waals surface area contributed by atoms with Gasteiger partial charge in [-0.05, 0) is 39.4 Å². The molecule has 3 amide bonds. The van der Waals surface area contributed by atoms with Crippen LogP contribution in [0.15, 0.2) is 64.7 Å². The lowest BCUT2D eigenvalue weighted by molar-refractivity contribution is -0.130. The minimum absolute atomic E-state index is 0.117. The van der Waals surface area contributed by atoms with Gasteiger partial charge in [-0.2, -0.15) is 11.3 Å². The van der Waals surface area contributed by atoms with Crippen LogP contribution >= 0.6 is 22.7 Å². The molecular formula is C24H26N4O2S2. The number of imide groups is 1. The third kappa shape index (κ3) is 4.49. The molecule has 2 aliphatic rings. The first-order chi connectivity index (χ1) is 15.7. The van der Waals surface area contributed by atoms with Crippen molar-refractivity contribution in [3.05, 3.63) is 80.7 Å². The molecule has 166 valence electrons. The van der Waals surface area contributed by atoms with Gasteiger partial charge in [-0.3, -0.25) is 14.6 Å². The van der Waals surface area contributed by atoms with Crippen LogP contribution in [-0.4, -0.2) is 64.4 Å². The highest BCUT2D eigenvalue weighted by molar-refractivity contribution is 7.10. The molecule has 5 rings (SSSR count). The van der Waals surface area contributed by atoms with Gasteiger partial charge in [-0.25, -0.2) is 9.69 Å². The van der Waals surface area contributed by atoms with Crippen LogP contribution in [0.5, 0.6) is 0 Å². The summed E-state index contributed by atoms with van der Waals surface area (Å²) in [7, 11) is 0. The van der Waals surface area contributed by atoms with E-state index in [2.05, 4.69) is 26.6 Å². The van der Waals surface area contributed by atoms with E-state index >= 15 is 0 Å². The van der Waals surface area contributed by atoms with Gasteiger partial charge in [0, 0.05) is 44.1 Å². The molecule has 0 spiro atoms. The number of hydrogen-bond donors (Lipinski definition) is 0. The standard InChI is InChI=1S/C24H26N4O2S2/c29-23-22(21-7-4-13-32-21)27(16-19-5-2-1-3-6-19)24(30)28(23)18-26-11-9-25(10-12-26)15-20-8-14-31-17-20/h1-8,13-14,17,22H,9-12,15-16,18H2. The van der Waals surface area contributed by atoms with Crippen LogP contribution in [0, 0.1) is 0 Å². The maximum absolute atomic E-state index is 13.4. The molecule has 0 saturated carbocycles. The maximum atomic E-state index is 13.4. The Morgan fingerprint density at radius 3 is 2.28 bits per heavy atom. The molecule has 0 bridgehead atoms. The van der Waals surface area contributed by atoms with Crippen LogP contribution in [0.2, 0.25) is 0 Å². The van der Waals surface area contributed by atoms with E-state index in [1.54, 1.807) is 16.2 Å². The first-order valence-corrected chi connectivity index (χ1v) is 12.7. The van der Waals surface area contributed by atoms with Crippen molar-refractivity contribution in [1.29, 1.82) is 0 Å². The van der Waals surface area contributed by atoms with Crippen LogP contribution in [0.25, 0.3) is 0 Å². The molecule has 1 aromatic carbocycles. The smallest absolute Gasteiger partial charge is 0.303 e. The Labute approximate surface area is 196 Å². The van der Waals surface area contributed by atoms with E-state index in [9.17, 15) is 9.59 Å². The topological polar surface area (TPSA) is 47.1 Å². The van der Waals surface area contributed by atoms with Gasteiger partial charge in [-0.15, -0.1) is 11.3 Å². The molecule has 4 heterocycles. The fourth-order valence-electron chi connectivity index (χ4n) is 4.36. The van der Waals surface area contributed by atoms with Crippen LogP contribution in [0.4, 0.5) is 4.79 Å². The highest BCUT2D eigenvalue weighted by atomic mass is 32.1. The number of benzene rings is 1. The van der Waals surface area contributed by atoms with Crippen molar-refractivity contribution < 1.29 is 9.59 Å². The minimum Gasteiger partial charge on any atom is -0.303 e. The number of amides is 3. The average molecular weight is 467 g/mol. The van der Waals surface area contributed by atoms with Crippen molar-refractivity contribution in [3.8, 4) is 0 Å². The molecule has 2 fully saturated rings. The molecule has 0 aliphatic carbocycles. The molecule has 2 aliphatic heterocycles. The van der Waals surface area contributed by atoms with Crippen molar-refractivity contribution in [2.45, 2.75) is 19.1 Å². The minimum atomic E-state index is -0.539. The van der Waals surface area contributed by atoms with Crippen LogP contribution in [-0.2, 0) is 17.9 Å². The van der Waals surface area contributed by atoms with Crippen LogP contribution < -0.4 is 0 Å². The predicted octanol–water partition coefficient (Wildman–Crippen LogP) is 4.09. The van der Waals surface area contributed by atoms with E-state index in [1.165, 1.54) is 21.8 Å². The van der Waals surface area contributed by atoms with E-state index in [-0.39, 0.29) is 11.9 Å². The van der Waals surface area contributed by atoms with Crippen LogP contribution in [0.3, 0.4) is 0 Å². The zero-order chi connectivity index (χ0) is 21.9. The Balaban J connectivity index is 1.27. The number of carbonyl (C=O) groups excluding carboxylic acids is 2. The van der Waals surface area contributed by atoms with Crippen molar-refractivity contribution in [1.82, 2.24) is 19.6 Å². The normalized spacial score (nSPS) is 20.4. The largest absolute Gasteiger partial charge is 0.329 e. The first kappa shape index (κ1) is 21.3. The highest BCUT2D eigenvalue weighted by Gasteiger charge is 2.46. The molecule has 3 aromatic rings. The van der Waals surface area contributed by atoms with E-state index < -0.39 is 6.04 Å².